The Morgan fingerprint density at radius 2 is 1.68 bits per heavy atom. The molecule has 1 amide bonds. The van der Waals surface area contributed by atoms with Crippen molar-refractivity contribution in [2.45, 2.75) is 59.0 Å². The minimum Gasteiger partial charge on any atom is -0.374 e. The van der Waals surface area contributed by atoms with Crippen molar-refractivity contribution < 1.29 is 4.79 Å². The van der Waals surface area contributed by atoms with E-state index in [1.807, 2.05) is 39.0 Å². The largest absolute Gasteiger partial charge is 0.374 e. The molecule has 1 aromatic carbocycles. The zero-order valence-electron chi connectivity index (χ0n) is 12.9. The fourth-order valence-corrected chi connectivity index (χ4v) is 1.97. The lowest BCUT2D eigenvalue weighted by molar-refractivity contribution is -0.122. The van der Waals surface area contributed by atoms with Crippen LogP contribution in [0.3, 0.4) is 0 Å². The Bertz CT molecular complexity index is 433. The monoisotopic (exact) mass is 262 g/mol. The van der Waals surface area contributed by atoms with Crippen LogP contribution >= 0.6 is 0 Å². The number of benzene rings is 1. The second-order valence-electron chi connectivity index (χ2n) is 6.32. The van der Waals surface area contributed by atoms with E-state index in [0.29, 0.717) is 0 Å². The SMILES string of the molecule is CC(C)NC(=O)C(C)Nc1ccccc1C(C)(C)C. The topological polar surface area (TPSA) is 41.1 Å². The van der Waals surface area contributed by atoms with Crippen molar-refractivity contribution in [2.75, 3.05) is 5.32 Å². The van der Waals surface area contributed by atoms with Gasteiger partial charge in [-0.1, -0.05) is 39.0 Å². The molecule has 0 heterocycles. The number of nitrogens with one attached hydrogen (secondary N) is 2. The van der Waals surface area contributed by atoms with Gasteiger partial charge in [0.2, 0.25) is 5.91 Å². The van der Waals surface area contributed by atoms with Gasteiger partial charge >= 0.3 is 0 Å². The highest BCUT2D eigenvalue weighted by Crippen LogP contribution is 2.29. The van der Waals surface area contributed by atoms with Gasteiger partial charge in [0.05, 0.1) is 0 Å². The van der Waals surface area contributed by atoms with Gasteiger partial charge in [0.25, 0.3) is 0 Å². The van der Waals surface area contributed by atoms with E-state index >= 15 is 0 Å². The van der Waals surface area contributed by atoms with Crippen molar-refractivity contribution in [3.8, 4) is 0 Å². The Hall–Kier alpha value is -1.51. The molecule has 0 bridgehead atoms. The molecule has 1 rings (SSSR count). The third-order valence-electron chi connectivity index (χ3n) is 2.93. The number of hydrogen-bond acceptors (Lipinski definition) is 2. The molecule has 2 N–H and O–H groups in total. The Morgan fingerprint density at radius 1 is 1.11 bits per heavy atom. The third kappa shape index (κ3) is 4.58. The van der Waals surface area contributed by atoms with E-state index in [0.717, 1.165) is 5.69 Å². The molecule has 1 unspecified atom stereocenters. The fraction of sp³-hybridized carbons (Fsp3) is 0.562. The molecule has 0 spiro atoms. The Balaban J connectivity index is 2.85. The highest BCUT2D eigenvalue weighted by atomic mass is 16.2. The maximum atomic E-state index is 11.9. The fourth-order valence-electron chi connectivity index (χ4n) is 1.97. The van der Waals surface area contributed by atoms with Crippen LogP contribution in [0.25, 0.3) is 0 Å². The van der Waals surface area contributed by atoms with E-state index in [1.165, 1.54) is 5.56 Å². The van der Waals surface area contributed by atoms with E-state index in [2.05, 4.69) is 37.5 Å². The first-order valence-electron chi connectivity index (χ1n) is 6.88. The molecule has 0 saturated carbocycles. The highest BCUT2D eigenvalue weighted by Gasteiger charge is 2.20. The normalized spacial score (nSPS) is 13.2. The summed E-state index contributed by atoms with van der Waals surface area (Å²) < 4.78 is 0. The summed E-state index contributed by atoms with van der Waals surface area (Å²) in [7, 11) is 0. The van der Waals surface area contributed by atoms with Crippen LogP contribution in [0.5, 0.6) is 0 Å². The number of carbonyl (C=O) groups is 1. The summed E-state index contributed by atoms with van der Waals surface area (Å²) in [5.41, 5.74) is 2.30. The molecule has 0 aromatic heterocycles. The van der Waals surface area contributed by atoms with Crippen molar-refractivity contribution in [1.29, 1.82) is 0 Å². The minimum atomic E-state index is -0.245. The van der Waals surface area contributed by atoms with Gasteiger partial charge in [-0.05, 0) is 37.8 Å². The number of anilines is 1. The first kappa shape index (κ1) is 15.5. The molecule has 1 aromatic rings. The van der Waals surface area contributed by atoms with Crippen LogP contribution in [0.4, 0.5) is 5.69 Å². The predicted octanol–water partition coefficient (Wildman–Crippen LogP) is 3.31. The van der Waals surface area contributed by atoms with Gasteiger partial charge in [-0.25, -0.2) is 0 Å². The summed E-state index contributed by atoms with van der Waals surface area (Å²) in [5, 5.41) is 6.23. The summed E-state index contributed by atoms with van der Waals surface area (Å²) in [4.78, 5) is 11.9. The number of para-hydroxylation sites is 1. The van der Waals surface area contributed by atoms with Gasteiger partial charge < -0.3 is 10.6 Å². The van der Waals surface area contributed by atoms with Gasteiger partial charge in [0.15, 0.2) is 0 Å². The first-order valence-corrected chi connectivity index (χ1v) is 6.88. The van der Waals surface area contributed by atoms with Gasteiger partial charge in [-0.15, -0.1) is 0 Å². The van der Waals surface area contributed by atoms with Gasteiger partial charge in [-0.2, -0.15) is 0 Å². The number of rotatable bonds is 4. The summed E-state index contributed by atoms with van der Waals surface area (Å²) in [6, 6.07) is 8.07. The van der Waals surface area contributed by atoms with Gasteiger partial charge in [0, 0.05) is 11.7 Å². The van der Waals surface area contributed by atoms with Crippen molar-refractivity contribution in [3.05, 3.63) is 29.8 Å². The molecule has 3 heteroatoms. The lowest BCUT2D eigenvalue weighted by atomic mass is 9.85. The second-order valence-corrected chi connectivity index (χ2v) is 6.32. The molecule has 0 saturated heterocycles. The van der Waals surface area contributed by atoms with Crippen molar-refractivity contribution in [3.63, 3.8) is 0 Å². The van der Waals surface area contributed by atoms with E-state index in [4.69, 9.17) is 0 Å². The number of carbonyl (C=O) groups excluding carboxylic acids is 1. The van der Waals surface area contributed by atoms with E-state index in [-0.39, 0.29) is 23.4 Å². The summed E-state index contributed by atoms with van der Waals surface area (Å²) >= 11 is 0. The standard InChI is InChI=1S/C16H26N2O/c1-11(2)17-15(19)12(3)18-14-10-8-7-9-13(14)16(4,5)6/h7-12,18H,1-6H3,(H,17,19). The molecule has 0 radical (unpaired) electrons. The Kier molecular flexibility index (Phi) is 4.98. The molecule has 0 fully saturated rings. The molecule has 3 nitrogen and oxygen atoms in total. The van der Waals surface area contributed by atoms with E-state index < -0.39 is 0 Å². The summed E-state index contributed by atoms with van der Waals surface area (Å²) in [6.07, 6.45) is 0. The lowest BCUT2D eigenvalue weighted by Gasteiger charge is -2.25. The molecule has 19 heavy (non-hydrogen) atoms. The van der Waals surface area contributed by atoms with Crippen molar-refractivity contribution in [1.82, 2.24) is 5.32 Å². The van der Waals surface area contributed by atoms with Crippen molar-refractivity contribution in [2.24, 2.45) is 0 Å². The molecule has 106 valence electrons. The number of amides is 1. The smallest absolute Gasteiger partial charge is 0.242 e. The maximum absolute atomic E-state index is 11.9. The Labute approximate surface area is 116 Å². The third-order valence-corrected chi connectivity index (χ3v) is 2.93. The molecule has 0 aliphatic rings. The maximum Gasteiger partial charge on any atom is 0.242 e. The molecule has 0 aliphatic heterocycles. The first-order chi connectivity index (χ1) is 8.71. The van der Waals surface area contributed by atoms with Gasteiger partial charge in [-0.3, -0.25) is 4.79 Å². The molecular formula is C16H26N2O. The number of hydrogen-bond donors (Lipinski definition) is 2. The van der Waals surface area contributed by atoms with Crippen LogP contribution in [-0.2, 0) is 10.2 Å². The van der Waals surface area contributed by atoms with Gasteiger partial charge in [0.1, 0.15) is 6.04 Å². The summed E-state index contributed by atoms with van der Waals surface area (Å²) in [5.74, 6) is 0.0266. The highest BCUT2D eigenvalue weighted by molar-refractivity contribution is 5.84. The quantitative estimate of drug-likeness (QED) is 0.874. The average molecular weight is 262 g/mol. The average Bonchev–Trinajstić information content (AvgIpc) is 2.27. The molecule has 0 aliphatic carbocycles. The second kappa shape index (κ2) is 6.09. The Morgan fingerprint density at radius 3 is 2.21 bits per heavy atom. The van der Waals surface area contributed by atoms with Crippen LogP contribution in [0.15, 0.2) is 24.3 Å². The summed E-state index contributed by atoms with van der Waals surface area (Å²) in [6.45, 7) is 12.3. The predicted molar refractivity (Wildman–Crippen MR) is 81.5 cm³/mol. The van der Waals surface area contributed by atoms with Crippen molar-refractivity contribution >= 4 is 11.6 Å². The lowest BCUT2D eigenvalue weighted by Crippen LogP contribution is -2.41. The molecular weight excluding hydrogens is 236 g/mol. The van der Waals surface area contributed by atoms with E-state index in [9.17, 15) is 4.79 Å². The zero-order chi connectivity index (χ0) is 14.6. The molecule has 1 atom stereocenters. The van der Waals surface area contributed by atoms with Crippen LogP contribution in [0.2, 0.25) is 0 Å². The van der Waals surface area contributed by atoms with Crippen LogP contribution in [-0.4, -0.2) is 18.0 Å². The van der Waals surface area contributed by atoms with Crippen LogP contribution in [0.1, 0.15) is 47.1 Å². The zero-order valence-corrected chi connectivity index (χ0v) is 12.9. The van der Waals surface area contributed by atoms with E-state index in [1.54, 1.807) is 0 Å². The minimum absolute atomic E-state index is 0.0266. The van der Waals surface area contributed by atoms with Crippen LogP contribution < -0.4 is 10.6 Å². The van der Waals surface area contributed by atoms with Crippen LogP contribution in [0, 0.1) is 0 Å².